The number of carbonyl (C=O) groups is 2. The number of aliphatic carboxylic acids is 1. The van der Waals surface area contributed by atoms with Crippen LogP contribution in [0.25, 0.3) is 0 Å². The van der Waals surface area contributed by atoms with E-state index in [1.165, 1.54) is 0 Å². The third kappa shape index (κ3) is 3.86. The van der Waals surface area contributed by atoms with Crippen LogP contribution < -0.4 is 11.1 Å². The second-order valence-corrected chi connectivity index (χ2v) is 8.34. The van der Waals surface area contributed by atoms with Crippen LogP contribution in [0.5, 0.6) is 0 Å². The summed E-state index contributed by atoms with van der Waals surface area (Å²) in [5.41, 5.74) is 4.47. The van der Waals surface area contributed by atoms with Gasteiger partial charge in [0.2, 0.25) is 5.91 Å². The van der Waals surface area contributed by atoms with Crippen molar-refractivity contribution in [1.82, 2.24) is 10.2 Å². The van der Waals surface area contributed by atoms with Crippen molar-refractivity contribution in [3.8, 4) is 0 Å². The number of carbonyl (C=O) groups excluding carboxylic acids is 1. The minimum atomic E-state index is -1.10. The number of carboxylic acids is 1. The number of fused-ring (bicyclic) bond motifs is 1. The maximum Gasteiger partial charge on any atom is 0.326 e. The molecule has 0 bridgehead atoms. The summed E-state index contributed by atoms with van der Waals surface area (Å²) in [6.45, 7) is 6.61. The number of amides is 1. The summed E-state index contributed by atoms with van der Waals surface area (Å²) < 4.78 is 0. The molecule has 2 aliphatic rings. The molecule has 0 saturated carbocycles. The van der Waals surface area contributed by atoms with E-state index in [4.69, 9.17) is 5.73 Å². The normalized spacial score (nSPS) is 29.8. The van der Waals surface area contributed by atoms with Gasteiger partial charge >= 0.3 is 5.97 Å². The lowest BCUT2D eigenvalue weighted by atomic mass is 9.63. The minimum absolute atomic E-state index is 0.152. The Labute approximate surface area is 150 Å². The van der Waals surface area contributed by atoms with Crippen LogP contribution in [-0.2, 0) is 9.59 Å². The number of nitrogens with one attached hydrogen (secondary N) is 1. The molecule has 2 heterocycles. The van der Waals surface area contributed by atoms with E-state index in [-0.39, 0.29) is 12.5 Å². The molecule has 8 heteroatoms. The predicted molar refractivity (Wildman–Crippen MR) is 97.3 cm³/mol. The van der Waals surface area contributed by atoms with Gasteiger partial charge in [0.25, 0.3) is 6.92 Å². The van der Waals surface area contributed by atoms with Gasteiger partial charge in [0.1, 0.15) is 5.54 Å². The Balaban J connectivity index is 2.18. The quantitative estimate of drug-likeness (QED) is 0.470. The van der Waals surface area contributed by atoms with E-state index in [0.717, 1.165) is 12.8 Å². The summed E-state index contributed by atoms with van der Waals surface area (Å²) in [4.78, 5) is 26.5. The van der Waals surface area contributed by atoms with Crippen molar-refractivity contribution in [2.45, 2.75) is 64.3 Å². The molecule has 0 aromatic heterocycles. The summed E-state index contributed by atoms with van der Waals surface area (Å²) in [5, 5.41) is 22.7. The van der Waals surface area contributed by atoms with Gasteiger partial charge in [-0.3, -0.25) is 14.9 Å². The minimum Gasteiger partial charge on any atom is -0.480 e. The molecule has 2 fully saturated rings. The average Bonchev–Trinajstić information content (AvgIpc) is 2.98. The van der Waals surface area contributed by atoms with Crippen LogP contribution >= 0.6 is 0 Å². The highest BCUT2D eigenvalue weighted by atomic mass is 16.4. The van der Waals surface area contributed by atoms with Gasteiger partial charge in [0.15, 0.2) is 0 Å². The first-order valence-electron chi connectivity index (χ1n) is 9.34. The Kier molecular flexibility index (Phi) is 6.17. The van der Waals surface area contributed by atoms with E-state index in [0.29, 0.717) is 38.2 Å². The molecule has 1 amide bonds. The van der Waals surface area contributed by atoms with Crippen molar-refractivity contribution >= 4 is 18.8 Å². The number of nitrogens with zero attached hydrogens (tertiary/aromatic N) is 1. The van der Waals surface area contributed by atoms with Gasteiger partial charge in [-0.2, -0.15) is 0 Å². The first-order valence-corrected chi connectivity index (χ1v) is 9.34. The SMILES string of the molecule is CB(O)CCC[C@]12CCN[C@@]1(C(=O)O)CN(C(=O)[C@@H](N)CC(C)C)C2. The largest absolute Gasteiger partial charge is 0.480 e. The highest BCUT2D eigenvalue weighted by Gasteiger charge is 2.65. The maximum absolute atomic E-state index is 12.7. The molecule has 2 saturated heterocycles. The van der Waals surface area contributed by atoms with Crippen LogP contribution in [-0.4, -0.2) is 65.0 Å². The van der Waals surface area contributed by atoms with E-state index >= 15 is 0 Å². The average molecular weight is 353 g/mol. The Hall–Kier alpha value is -1.12. The van der Waals surface area contributed by atoms with Crippen LogP contribution in [0.4, 0.5) is 0 Å². The smallest absolute Gasteiger partial charge is 0.326 e. The van der Waals surface area contributed by atoms with Gasteiger partial charge < -0.3 is 20.8 Å². The number of likely N-dealkylation sites (tertiary alicyclic amines) is 1. The molecule has 0 spiro atoms. The molecule has 0 aromatic rings. The number of rotatable bonds is 8. The summed E-state index contributed by atoms with van der Waals surface area (Å²) in [6, 6.07) is -0.584. The van der Waals surface area contributed by atoms with E-state index < -0.39 is 29.9 Å². The summed E-state index contributed by atoms with van der Waals surface area (Å²) >= 11 is 0. The third-order valence-corrected chi connectivity index (χ3v) is 5.85. The maximum atomic E-state index is 12.7. The molecule has 25 heavy (non-hydrogen) atoms. The van der Waals surface area contributed by atoms with Crippen molar-refractivity contribution in [3.05, 3.63) is 0 Å². The lowest BCUT2D eigenvalue weighted by Gasteiger charge is -2.35. The zero-order valence-electron chi connectivity index (χ0n) is 15.6. The molecule has 3 atom stereocenters. The molecule has 5 N–H and O–H groups in total. The van der Waals surface area contributed by atoms with Gasteiger partial charge in [0.05, 0.1) is 12.6 Å². The highest BCUT2D eigenvalue weighted by molar-refractivity contribution is 6.48. The summed E-state index contributed by atoms with van der Waals surface area (Å²) in [5.74, 6) is -0.734. The molecule has 0 radical (unpaired) electrons. The molecule has 0 aromatic carbocycles. The topological polar surface area (TPSA) is 116 Å². The Morgan fingerprint density at radius 3 is 2.60 bits per heavy atom. The van der Waals surface area contributed by atoms with E-state index in [9.17, 15) is 19.7 Å². The molecule has 0 aliphatic carbocycles. The van der Waals surface area contributed by atoms with Crippen molar-refractivity contribution < 1.29 is 19.7 Å². The van der Waals surface area contributed by atoms with Gasteiger partial charge in [-0.15, -0.1) is 0 Å². The van der Waals surface area contributed by atoms with Crippen molar-refractivity contribution in [2.75, 3.05) is 19.6 Å². The number of nitrogens with two attached hydrogens (primary N) is 1. The second-order valence-electron chi connectivity index (χ2n) is 8.34. The van der Waals surface area contributed by atoms with Crippen molar-refractivity contribution in [2.24, 2.45) is 17.1 Å². The number of hydrogen-bond donors (Lipinski definition) is 4. The Bertz CT molecular complexity index is 516. The number of hydrogen-bond acceptors (Lipinski definition) is 5. The highest BCUT2D eigenvalue weighted by Crippen LogP contribution is 2.50. The standard InChI is InChI=1S/C17H32BN3O4/c1-12(2)9-13(19)14(22)21-10-16(5-4-7-18(3)25)6-8-20-17(16,11-21)15(23)24/h12-13,20,25H,4-11,19H2,1-3H3,(H,23,24)/t13-,16+,17+/m0/s1. The Morgan fingerprint density at radius 1 is 1.36 bits per heavy atom. The van der Waals surface area contributed by atoms with E-state index in [2.05, 4.69) is 5.32 Å². The molecule has 142 valence electrons. The fourth-order valence-corrected chi connectivity index (χ4v) is 4.58. The number of carboxylic acid groups (broad SMARTS) is 1. The fraction of sp³-hybridized carbons (Fsp3) is 0.882. The summed E-state index contributed by atoms with van der Waals surface area (Å²) in [6.07, 6.45) is 3.38. The predicted octanol–water partition coefficient (Wildman–Crippen LogP) is 0.399. The van der Waals surface area contributed by atoms with Crippen molar-refractivity contribution in [1.29, 1.82) is 0 Å². The second kappa shape index (κ2) is 7.64. The van der Waals surface area contributed by atoms with Gasteiger partial charge in [0, 0.05) is 12.0 Å². The summed E-state index contributed by atoms with van der Waals surface area (Å²) in [7, 11) is 0. The molecule has 2 rings (SSSR count). The zero-order valence-corrected chi connectivity index (χ0v) is 15.6. The molecule has 0 unspecified atom stereocenters. The van der Waals surface area contributed by atoms with E-state index in [1.807, 2.05) is 13.8 Å². The van der Waals surface area contributed by atoms with Crippen LogP contribution in [0, 0.1) is 11.3 Å². The fourth-order valence-electron chi connectivity index (χ4n) is 4.58. The van der Waals surface area contributed by atoms with Crippen LogP contribution in [0.2, 0.25) is 13.1 Å². The van der Waals surface area contributed by atoms with E-state index in [1.54, 1.807) is 11.7 Å². The first kappa shape index (κ1) is 20.2. The monoisotopic (exact) mass is 353 g/mol. The van der Waals surface area contributed by atoms with Crippen LogP contribution in [0.1, 0.15) is 39.5 Å². The zero-order chi connectivity index (χ0) is 18.8. The van der Waals surface area contributed by atoms with Crippen LogP contribution in [0.3, 0.4) is 0 Å². The van der Waals surface area contributed by atoms with Crippen LogP contribution in [0.15, 0.2) is 0 Å². The van der Waals surface area contributed by atoms with Gasteiger partial charge in [-0.25, -0.2) is 0 Å². The molecule has 2 aliphatic heterocycles. The Morgan fingerprint density at radius 2 is 2.04 bits per heavy atom. The first-order chi connectivity index (χ1) is 11.6. The lowest BCUT2D eigenvalue weighted by molar-refractivity contribution is -0.147. The van der Waals surface area contributed by atoms with Gasteiger partial charge in [-0.1, -0.05) is 27.1 Å². The molecular formula is C17H32BN3O4. The molecule has 7 nitrogen and oxygen atoms in total. The molecular weight excluding hydrogens is 321 g/mol. The van der Waals surface area contributed by atoms with Gasteiger partial charge in [-0.05, 0) is 38.0 Å². The van der Waals surface area contributed by atoms with Crippen molar-refractivity contribution in [3.63, 3.8) is 0 Å². The third-order valence-electron chi connectivity index (χ3n) is 5.85. The lowest BCUT2D eigenvalue weighted by Crippen LogP contribution is -2.58.